The van der Waals surface area contributed by atoms with Gasteiger partial charge in [0, 0.05) is 30.3 Å². The van der Waals surface area contributed by atoms with E-state index in [0.717, 1.165) is 54.1 Å². The fourth-order valence-electron chi connectivity index (χ4n) is 4.06. The molecule has 0 radical (unpaired) electrons. The van der Waals surface area contributed by atoms with Gasteiger partial charge in [-0.1, -0.05) is 41.6 Å². The van der Waals surface area contributed by atoms with E-state index in [1.165, 1.54) is 5.56 Å². The molecule has 1 fully saturated rings. The first-order chi connectivity index (χ1) is 13.6. The molecule has 0 saturated carbocycles. The van der Waals surface area contributed by atoms with Crippen LogP contribution in [0.5, 0.6) is 0 Å². The van der Waals surface area contributed by atoms with Crippen molar-refractivity contribution in [2.75, 3.05) is 6.54 Å². The van der Waals surface area contributed by atoms with Gasteiger partial charge in [-0.3, -0.25) is 9.78 Å². The van der Waals surface area contributed by atoms with Gasteiger partial charge >= 0.3 is 0 Å². The highest BCUT2D eigenvalue weighted by molar-refractivity contribution is 5.77. The van der Waals surface area contributed by atoms with E-state index in [0.29, 0.717) is 6.42 Å². The Morgan fingerprint density at radius 2 is 2.00 bits per heavy atom. The highest BCUT2D eigenvalue weighted by atomic mass is 16.5. The highest BCUT2D eigenvalue weighted by Gasteiger charge is 2.30. The summed E-state index contributed by atoms with van der Waals surface area (Å²) >= 11 is 0. The maximum Gasteiger partial charge on any atom is 0.223 e. The van der Waals surface area contributed by atoms with Gasteiger partial charge in [0.2, 0.25) is 5.91 Å². The second kappa shape index (κ2) is 7.97. The Hall–Kier alpha value is -2.95. The van der Waals surface area contributed by atoms with Crippen molar-refractivity contribution in [1.82, 2.24) is 15.0 Å². The zero-order valence-electron chi connectivity index (χ0n) is 16.4. The molecule has 1 aliphatic heterocycles. The van der Waals surface area contributed by atoms with Crippen molar-refractivity contribution in [3.05, 3.63) is 71.4 Å². The minimum atomic E-state index is 0.0713. The van der Waals surface area contributed by atoms with Crippen LogP contribution >= 0.6 is 0 Å². The second-order valence-corrected chi connectivity index (χ2v) is 7.40. The van der Waals surface area contributed by atoms with Crippen LogP contribution in [0.15, 0.2) is 53.2 Å². The van der Waals surface area contributed by atoms with E-state index in [9.17, 15) is 4.79 Å². The van der Waals surface area contributed by atoms with Gasteiger partial charge in [-0.25, -0.2) is 0 Å². The van der Waals surface area contributed by atoms with E-state index in [2.05, 4.69) is 28.3 Å². The predicted molar refractivity (Wildman–Crippen MR) is 108 cm³/mol. The van der Waals surface area contributed by atoms with Crippen LogP contribution in [0.25, 0.3) is 11.1 Å². The molecule has 28 heavy (non-hydrogen) atoms. The molecule has 1 atom stereocenters. The van der Waals surface area contributed by atoms with Gasteiger partial charge in [-0.05, 0) is 44.7 Å². The number of hydrogen-bond acceptors (Lipinski definition) is 4. The van der Waals surface area contributed by atoms with E-state index in [1.54, 1.807) is 0 Å². The lowest BCUT2D eigenvalue weighted by molar-refractivity contribution is -0.132. The predicted octanol–water partition coefficient (Wildman–Crippen LogP) is 4.65. The number of aromatic nitrogens is 2. The quantitative estimate of drug-likeness (QED) is 0.651. The van der Waals surface area contributed by atoms with Crippen LogP contribution < -0.4 is 0 Å². The summed E-state index contributed by atoms with van der Waals surface area (Å²) in [6, 6.07) is 14.3. The Balaban J connectivity index is 1.46. The van der Waals surface area contributed by atoms with Crippen LogP contribution in [0.2, 0.25) is 0 Å². The number of benzene rings is 1. The second-order valence-electron chi connectivity index (χ2n) is 7.40. The van der Waals surface area contributed by atoms with Crippen molar-refractivity contribution in [2.24, 2.45) is 0 Å². The minimum absolute atomic E-state index is 0.0713. The van der Waals surface area contributed by atoms with Gasteiger partial charge in [0.05, 0.1) is 17.4 Å². The summed E-state index contributed by atoms with van der Waals surface area (Å²) in [4.78, 5) is 19.5. The third-order valence-electron chi connectivity index (χ3n) is 5.49. The Labute approximate surface area is 165 Å². The lowest BCUT2D eigenvalue weighted by Gasteiger charge is -2.24. The maximum absolute atomic E-state index is 12.8. The van der Waals surface area contributed by atoms with Gasteiger partial charge in [0.15, 0.2) is 0 Å². The third kappa shape index (κ3) is 3.70. The van der Waals surface area contributed by atoms with E-state index < -0.39 is 0 Å². The monoisotopic (exact) mass is 375 g/mol. The number of nitrogens with zero attached hydrogens (tertiary/aromatic N) is 3. The normalized spacial score (nSPS) is 16.5. The first kappa shape index (κ1) is 18.4. The van der Waals surface area contributed by atoms with Gasteiger partial charge in [-0.15, -0.1) is 0 Å². The number of carbonyl (C=O) groups is 1. The van der Waals surface area contributed by atoms with E-state index in [-0.39, 0.29) is 11.9 Å². The molecule has 0 aliphatic carbocycles. The molecule has 0 N–H and O–H groups in total. The van der Waals surface area contributed by atoms with Gasteiger partial charge in [-0.2, -0.15) is 0 Å². The van der Waals surface area contributed by atoms with Crippen LogP contribution in [0.1, 0.15) is 48.0 Å². The molecule has 5 nitrogen and oxygen atoms in total. The Bertz CT molecular complexity index is 928. The molecule has 1 saturated heterocycles. The zero-order chi connectivity index (χ0) is 19.5. The molecule has 0 bridgehead atoms. The van der Waals surface area contributed by atoms with Gasteiger partial charge in [0.1, 0.15) is 5.76 Å². The summed E-state index contributed by atoms with van der Waals surface area (Å²) in [7, 11) is 0. The lowest BCUT2D eigenvalue weighted by atomic mass is 10.0. The smallest absolute Gasteiger partial charge is 0.223 e. The lowest BCUT2D eigenvalue weighted by Crippen LogP contribution is -2.31. The molecule has 1 amide bonds. The standard InChI is InChI=1S/C23H25N3O2/c1-16-23(17(2)28-25-16)19-11-12-20(24-15-19)21-9-6-14-26(21)22(27)13-10-18-7-4-3-5-8-18/h3-5,7-8,11-12,15,21H,6,9-10,13-14H2,1-2H3/t21-/m0/s1. The SMILES string of the molecule is Cc1noc(C)c1-c1ccc([C@@H]2CCCN2C(=O)CCc2ccccc2)nc1. The summed E-state index contributed by atoms with van der Waals surface area (Å²) in [5, 5.41) is 4.02. The largest absolute Gasteiger partial charge is 0.361 e. The van der Waals surface area contributed by atoms with Gasteiger partial charge < -0.3 is 9.42 Å². The molecule has 1 aromatic carbocycles. The van der Waals surface area contributed by atoms with Crippen LogP contribution in [0, 0.1) is 13.8 Å². The first-order valence-corrected chi connectivity index (χ1v) is 9.86. The average Bonchev–Trinajstić information content (AvgIpc) is 3.34. The Kier molecular flexibility index (Phi) is 5.24. The number of amides is 1. The average molecular weight is 375 g/mol. The summed E-state index contributed by atoms with van der Waals surface area (Å²) < 4.78 is 5.26. The number of rotatable bonds is 5. The molecule has 2 aromatic heterocycles. The maximum atomic E-state index is 12.8. The first-order valence-electron chi connectivity index (χ1n) is 9.86. The van der Waals surface area contributed by atoms with Crippen molar-refractivity contribution in [2.45, 2.75) is 45.6 Å². The molecule has 1 aliphatic rings. The minimum Gasteiger partial charge on any atom is -0.361 e. The summed E-state index contributed by atoms with van der Waals surface area (Å²) in [6.45, 7) is 4.66. The third-order valence-corrected chi connectivity index (χ3v) is 5.49. The molecule has 0 spiro atoms. The molecule has 3 aromatic rings. The van der Waals surface area contributed by atoms with Crippen LogP contribution in [-0.4, -0.2) is 27.5 Å². The van der Waals surface area contributed by atoms with Crippen molar-refractivity contribution < 1.29 is 9.32 Å². The van der Waals surface area contributed by atoms with Crippen molar-refractivity contribution in [3.8, 4) is 11.1 Å². The summed E-state index contributed by atoms with van der Waals surface area (Å²) in [5.74, 6) is 1.01. The number of carbonyl (C=O) groups excluding carboxylic acids is 1. The molecule has 3 heterocycles. The highest BCUT2D eigenvalue weighted by Crippen LogP contribution is 2.33. The summed E-state index contributed by atoms with van der Waals surface area (Å²) in [6.07, 6.45) is 5.18. The van der Waals surface area contributed by atoms with Crippen LogP contribution in [0.4, 0.5) is 0 Å². The van der Waals surface area contributed by atoms with E-state index in [4.69, 9.17) is 4.52 Å². The molecule has 0 unspecified atom stereocenters. The fraction of sp³-hybridized carbons (Fsp3) is 0.348. The van der Waals surface area contributed by atoms with Gasteiger partial charge in [0.25, 0.3) is 0 Å². The molecule has 4 rings (SSSR count). The summed E-state index contributed by atoms with van der Waals surface area (Å²) in [5.41, 5.74) is 5.03. The zero-order valence-corrected chi connectivity index (χ0v) is 16.4. The van der Waals surface area contributed by atoms with Crippen LogP contribution in [0.3, 0.4) is 0 Å². The number of hydrogen-bond donors (Lipinski definition) is 0. The van der Waals surface area contributed by atoms with Crippen LogP contribution in [-0.2, 0) is 11.2 Å². The number of pyridine rings is 1. The van der Waals surface area contributed by atoms with Crippen molar-refractivity contribution in [3.63, 3.8) is 0 Å². The van der Waals surface area contributed by atoms with Crippen molar-refractivity contribution in [1.29, 1.82) is 0 Å². The van der Waals surface area contributed by atoms with E-state index >= 15 is 0 Å². The molecule has 144 valence electrons. The number of aryl methyl sites for hydroxylation is 3. The Morgan fingerprint density at radius 3 is 2.68 bits per heavy atom. The molecular weight excluding hydrogens is 350 g/mol. The Morgan fingerprint density at radius 1 is 1.18 bits per heavy atom. The topological polar surface area (TPSA) is 59.2 Å². The molecule has 5 heteroatoms. The number of likely N-dealkylation sites (tertiary alicyclic amines) is 1. The fourth-order valence-corrected chi connectivity index (χ4v) is 4.06. The molecular formula is C23H25N3O2. The van der Waals surface area contributed by atoms with Crippen molar-refractivity contribution >= 4 is 5.91 Å². The van der Waals surface area contributed by atoms with E-state index in [1.807, 2.05) is 49.2 Å².